The van der Waals surface area contributed by atoms with Gasteiger partial charge in [-0.15, -0.1) is 0 Å². The van der Waals surface area contributed by atoms with Crippen molar-refractivity contribution in [1.29, 1.82) is 0 Å². The molecule has 0 radical (unpaired) electrons. The van der Waals surface area contributed by atoms with Crippen LogP contribution < -0.4 is 10.6 Å². The molecule has 0 aliphatic rings. The van der Waals surface area contributed by atoms with Gasteiger partial charge in [0.15, 0.2) is 0 Å². The maximum atomic E-state index is 13.0. The molecule has 29 heavy (non-hydrogen) atoms. The molecule has 2 amide bonds. The summed E-state index contributed by atoms with van der Waals surface area (Å²) in [5, 5.41) is 10.8. The van der Waals surface area contributed by atoms with Gasteiger partial charge in [-0.1, -0.05) is 48.9 Å². The molecule has 2 N–H and O–H groups in total. The molecular weight excluding hydrogens is 388 g/mol. The van der Waals surface area contributed by atoms with Crippen LogP contribution in [0.5, 0.6) is 0 Å². The van der Waals surface area contributed by atoms with Crippen LogP contribution >= 0.6 is 11.6 Å². The van der Waals surface area contributed by atoms with Crippen LogP contribution in [0.25, 0.3) is 16.9 Å². The minimum absolute atomic E-state index is 0.219. The lowest BCUT2D eigenvalue weighted by Crippen LogP contribution is -2.45. The van der Waals surface area contributed by atoms with Crippen LogP contribution in [0.1, 0.15) is 30.6 Å². The summed E-state index contributed by atoms with van der Waals surface area (Å²) in [6.07, 6.45) is 2.50. The van der Waals surface area contributed by atoms with Gasteiger partial charge in [0.1, 0.15) is 11.7 Å². The average Bonchev–Trinajstić information content (AvgIpc) is 3.18. The van der Waals surface area contributed by atoms with Gasteiger partial charge in [-0.3, -0.25) is 9.59 Å². The van der Waals surface area contributed by atoms with Crippen molar-refractivity contribution < 1.29 is 9.59 Å². The van der Waals surface area contributed by atoms with E-state index in [2.05, 4.69) is 15.7 Å². The topological polar surface area (TPSA) is 76.0 Å². The average molecular weight is 411 g/mol. The first kappa shape index (κ1) is 20.6. The molecule has 1 aromatic heterocycles. The summed E-state index contributed by atoms with van der Waals surface area (Å²) in [7, 11) is 0. The molecule has 0 aliphatic heterocycles. The molecule has 0 aliphatic carbocycles. The minimum atomic E-state index is -0.660. The molecule has 6 nitrogen and oxygen atoms in total. The zero-order valence-corrected chi connectivity index (χ0v) is 17.1. The number of aromatic nitrogens is 2. The summed E-state index contributed by atoms with van der Waals surface area (Å²) >= 11 is 6.00. The molecule has 3 aromatic rings. The van der Waals surface area contributed by atoms with Crippen LogP contribution in [-0.4, -0.2) is 34.2 Å². The summed E-state index contributed by atoms with van der Waals surface area (Å²) in [6, 6.07) is 16.0. The molecule has 0 unspecified atom stereocenters. The zero-order chi connectivity index (χ0) is 20.8. The van der Waals surface area contributed by atoms with E-state index < -0.39 is 6.04 Å². The monoisotopic (exact) mass is 410 g/mol. The molecule has 1 heterocycles. The van der Waals surface area contributed by atoms with E-state index in [1.54, 1.807) is 29.9 Å². The number of carbonyl (C=O) groups is 2. The van der Waals surface area contributed by atoms with E-state index in [9.17, 15) is 9.59 Å². The lowest BCUT2D eigenvalue weighted by atomic mass is 10.1. The molecule has 150 valence electrons. The largest absolute Gasteiger partial charge is 0.354 e. The lowest BCUT2D eigenvalue weighted by Gasteiger charge is -2.13. The third-order valence-electron chi connectivity index (χ3n) is 4.39. The highest BCUT2D eigenvalue weighted by molar-refractivity contribution is 6.30. The van der Waals surface area contributed by atoms with Crippen molar-refractivity contribution in [3.8, 4) is 16.9 Å². The van der Waals surface area contributed by atoms with E-state index in [-0.39, 0.29) is 11.8 Å². The molecule has 0 saturated heterocycles. The Bertz CT molecular complexity index is 984. The summed E-state index contributed by atoms with van der Waals surface area (Å²) in [4.78, 5) is 25.1. The van der Waals surface area contributed by atoms with E-state index in [4.69, 9.17) is 11.6 Å². The Morgan fingerprint density at radius 3 is 2.45 bits per heavy atom. The van der Waals surface area contributed by atoms with Crippen molar-refractivity contribution in [3.05, 3.63) is 71.4 Å². The van der Waals surface area contributed by atoms with Crippen molar-refractivity contribution in [2.24, 2.45) is 0 Å². The first-order chi connectivity index (χ1) is 14.0. The number of carbonyl (C=O) groups excluding carboxylic acids is 2. The van der Waals surface area contributed by atoms with Crippen LogP contribution in [0.4, 0.5) is 0 Å². The van der Waals surface area contributed by atoms with Crippen LogP contribution in [0, 0.1) is 0 Å². The minimum Gasteiger partial charge on any atom is -0.354 e. The second-order valence-corrected chi connectivity index (χ2v) is 7.10. The zero-order valence-electron chi connectivity index (χ0n) is 16.4. The number of para-hydroxylation sites is 1. The van der Waals surface area contributed by atoms with Crippen molar-refractivity contribution >= 4 is 23.4 Å². The Labute approximate surface area is 174 Å². The number of rotatable bonds is 7. The van der Waals surface area contributed by atoms with Gasteiger partial charge in [0.25, 0.3) is 5.91 Å². The first-order valence-corrected chi connectivity index (χ1v) is 9.87. The third kappa shape index (κ3) is 5.03. The number of benzene rings is 2. The standard InChI is InChI=1S/C22H23ClN4O2/c1-3-13-24-21(28)15(2)25-22(29)19-14-27(18-7-5-4-6-8-18)26-20(19)16-9-11-17(23)12-10-16/h4-12,14-15H,3,13H2,1-2H3,(H,24,28)(H,25,29)/t15-/m0/s1. The highest BCUT2D eigenvalue weighted by Crippen LogP contribution is 2.25. The van der Waals surface area contributed by atoms with Crippen LogP contribution in [0.2, 0.25) is 5.02 Å². The summed E-state index contributed by atoms with van der Waals surface area (Å²) in [5.74, 6) is -0.583. The predicted molar refractivity (Wildman–Crippen MR) is 114 cm³/mol. The Morgan fingerprint density at radius 1 is 1.10 bits per heavy atom. The van der Waals surface area contributed by atoms with E-state index in [1.165, 1.54) is 0 Å². The molecule has 1 atom stereocenters. The van der Waals surface area contributed by atoms with Gasteiger partial charge in [-0.25, -0.2) is 4.68 Å². The van der Waals surface area contributed by atoms with Crippen LogP contribution in [0.15, 0.2) is 60.8 Å². The van der Waals surface area contributed by atoms with Gasteiger partial charge in [-0.05, 0) is 37.6 Å². The smallest absolute Gasteiger partial charge is 0.255 e. The third-order valence-corrected chi connectivity index (χ3v) is 4.64. The first-order valence-electron chi connectivity index (χ1n) is 9.49. The summed E-state index contributed by atoms with van der Waals surface area (Å²) < 4.78 is 1.65. The van der Waals surface area contributed by atoms with Crippen molar-refractivity contribution in [1.82, 2.24) is 20.4 Å². The van der Waals surface area contributed by atoms with Crippen LogP contribution in [-0.2, 0) is 4.79 Å². The Morgan fingerprint density at radius 2 is 1.79 bits per heavy atom. The predicted octanol–water partition coefficient (Wildman–Crippen LogP) is 3.84. The molecule has 0 spiro atoms. The van der Waals surface area contributed by atoms with E-state index in [0.29, 0.717) is 22.8 Å². The molecule has 7 heteroatoms. The second kappa shape index (κ2) is 9.39. The number of nitrogens with zero attached hydrogens (tertiary/aromatic N) is 2. The Hall–Kier alpha value is -3.12. The fraction of sp³-hybridized carbons (Fsp3) is 0.227. The maximum Gasteiger partial charge on any atom is 0.255 e. The molecule has 3 rings (SSSR count). The van der Waals surface area contributed by atoms with E-state index in [1.807, 2.05) is 49.4 Å². The fourth-order valence-electron chi connectivity index (χ4n) is 2.82. The van der Waals surface area contributed by atoms with Gasteiger partial charge in [0.05, 0.1) is 11.3 Å². The van der Waals surface area contributed by atoms with Crippen molar-refractivity contribution in [2.45, 2.75) is 26.3 Å². The number of nitrogens with one attached hydrogen (secondary N) is 2. The Kier molecular flexibility index (Phi) is 6.67. The lowest BCUT2D eigenvalue weighted by molar-refractivity contribution is -0.122. The molecular formula is C22H23ClN4O2. The highest BCUT2D eigenvalue weighted by Gasteiger charge is 2.22. The molecule has 0 saturated carbocycles. The van der Waals surface area contributed by atoms with Crippen molar-refractivity contribution in [2.75, 3.05) is 6.54 Å². The second-order valence-electron chi connectivity index (χ2n) is 6.66. The molecule has 0 fully saturated rings. The number of amides is 2. The number of hydrogen-bond acceptors (Lipinski definition) is 3. The SMILES string of the molecule is CCCNC(=O)[C@H](C)NC(=O)c1cn(-c2ccccc2)nc1-c1ccc(Cl)cc1. The summed E-state index contributed by atoms with van der Waals surface area (Å²) in [5.41, 5.74) is 2.49. The molecule has 0 bridgehead atoms. The van der Waals surface area contributed by atoms with Gasteiger partial charge in [-0.2, -0.15) is 5.10 Å². The quantitative estimate of drug-likeness (QED) is 0.621. The number of hydrogen-bond donors (Lipinski definition) is 2. The van der Waals surface area contributed by atoms with Gasteiger partial charge < -0.3 is 10.6 Å². The van der Waals surface area contributed by atoms with E-state index in [0.717, 1.165) is 17.7 Å². The number of halogens is 1. The normalized spacial score (nSPS) is 11.7. The van der Waals surface area contributed by atoms with Crippen LogP contribution in [0.3, 0.4) is 0 Å². The fourth-order valence-corrected chi connectivity index (χ4v) is 2.94. The van der Waals surface area contributed by atoms with Crippen molar-refractivity contribution in [3.63, 3.8) is 0 Å². The van der Waals surface area contributed by atoms with Gasteiger partial charge >= 0.3 is 0 Å². The maximum absolute atomic E-state index is 13.0. The Balaban J connectivity index is 1.93. The van der Waals surface area contributed by atoms with E-state index >= 15 is 0 Å². The summed E-state index contributed by atoms with van der Waals surface area (Å²) in [6.45, 7) is 4.20. The van der Waals surface area contributed by atoms with Gasteiger partial charge in [0, 0.05) is 23.3 Å². The highest BCUT2D eigenvalue weighted by atomic mass is 35.5. The van der Waals surface area contributed by atoms with Gasteiger partial charge in [0.2, 0.25) is 5.91 Å². The molecule has 2 aromatic carbocycles.